The lowest BCUT2D eigenvalue weighted by Gasteiger charge is -2.10. The predicted octanol–water partition coefficient (Wildman–Crippen LogP) is 4.93. The van der Waals surface area contributed by atoms with Gasteiger partial charge in [-0.3, -0.25) is 4.79 Å². The summed E-state index contributed by atoms with van der Waals surface area (Å²) in [7, 11) is 0. The third kappa shape index (κ3) is 5.60. The molecule has 4 rings (SSSR count). The number of amides is 1. The van der Waals surface area contributed by atoms with Crippen LogP contribution in [-0.4, -0.2) is 37.5 Å². The average molecular weight is 475 g/mol. The summed E-state index contributed by atoms with van der Waals surface area (Å²) in [6.07, 6.45) is 0. The molecule has 0 atom stereocenters. The Morgan fingerprint density at radius 1 is 1.00 bits per heavy atom. The molecule has 0 aliphatic carbocycles. The Labute approximate surface area is 202 Å². The van der Waals surface area contributed by atoms with Crippen LogP contribution in [0.5, 0.6) is 5.75 Å². The molecule has 0 unspecified atom stereocenters. The molecule has 4 aromatic rings. The molecule has 0 saturated heterocycles. The summed E-state index contributed by atoms with van der Waals surface area (Å²) in [6, 6.07) is 17.1. The molecule has 9 heteroatoms. The standard InChI is InChI=1S/C25H26N6O2S/c1-5-33-21-12-8-19(9-13-21)28-24(32)23-22(15-34-25-26-17(3)14-18(4)27-25)31(30-29-23)20-10-6-16(2)7-11-20/h6-14H,5,15H2,1-4H3,(H,28,32). The van der Waals surface area contributed by atoms with Gasteiger partial charge in [-0.25, -0.2) is 14.6 Å². The van der Waals surface area contributed by atoms with Gasteiger partial charge in [0, 0.05) is 22.8 Å². The first-order chi connectivity index (χ1) is 16.4. The van der Waals surface area contributed by atoms with E-state index in [0.29, 0.717) is 28.9 Å². The highest BCUT2D eigenvalue weighted by atomic mass is 32.2. The Kier molecular flexibility index (Phi) is 7.22. The van der Waals surface area contributed by atoms with Gasteiger partial charge in [0.1, 0.15) is 5.75 Å². The zero-order valence-corrected chi connectivity index (χ0v) is 20.4. The largest absolute Gasteiger partial charge is 0.494 e. The Balaban J connectivity index is 1.62. The minimum atomic E-state index is -0.334. The Bertz CT molecular complexity index is 1270. The molecule has 1 N–H and O–H groups in total. The van der Waals surface area contributed by atoms with Gasteiger partial charge < -0.3 is 10.1 Å². The second-order valence-electron chi connectivity index (χ2n) is 7.77. The van der Waals surface area contributed by atoms with E-state index in [1.165, 1.54) is 11.8 Å². The third-order valence-electron chi connectivity index (χ3n) is 4.98. The quantitative estimate of drug-likeness (QED) is 0.286. The fourth-order valence-electron chi connectivity index (χ4n) is 3.38. The molecule has 0 spiro atoms. The van der Waals surface area contributed by atoms with E-state index in [0.717, 1.165) is 28.4 Å². The van der Waals surface area contributed by atoms with Gasteiger partial charge in [0.2, 0.25) is 0 Å². The molecule has 2 aromatic carbocycles. The highest BCUT2D eigenvalue weighted by molar-refractivity contribution is 7.98. The first-order valence-electron chi connectivity index (χ1n) is 10.9. The topological polar surface area (TPSA) is 94.8 Å². The van der Waals surface area contributed by atoms with Crippen molar-refractivity contribution in [2.45, 2.75) is 38.6 Å². The van der Waals surface area contributed by atoms with Crippen LogP contribution in [0.15, 0.2) is 59.8 Å². The summed E-state index contributed by atoms with van der Waals surface area (Å²) in [5.41, 5.74) is 5.33. The molecule has 1 amide bonds. The summed E-state index contributed by atoms with van der Waals surface area (Å²) in [5, 5.41) is 12.1. The van der Waals surface area contributed by atoms with E-state index in [4.69, 9.17) is 4.74 Å². The van der Waals surface area contributed by atoms with Crippen LogP contribution < -0.4 is 10.1 Å². The number of anilines is 1. The summed E-state index contributed by atoms with van der Waals surface area (Å²) in [4.78, 5) is 22.2. The summed E-state index contributed by atoms with van der Waals surface area (Å²) in [6.45, 7) is 8.41. The van der Waals surface area contributed by atoms with Crippen molar-refractivity contribution in [3.8, 4) is 11.4 Å². The molecule has 2 heterocycles. The minimum Gasteiger partial charge on any atom is -0.494 e. The predicted molar refractivity (Wildman–Crippen MR) is 133 cm³/mol. The molecular formula is C25H26N6O2S. The van der Waals surface area contributed by atoms with Crippen LogP contribution in [-0.2, 0) is 5.75 Å². The summed E-state index contributed by atoms with van der Waals surface area (Å²) < 4.78 is 7.16. The zero-order chi connectivity index (χ0) is 24.1. The van der Waals surface area contributed by atoms with Crippen molar-refractivity contribution in [3.63, 3.8) is 0 Å². The van der Waals surface area contributed by atoms with Crippen LogP contribution in [0.2, 0.25) is 0 Å². The highest BCUT2D eigenvalue weighted by Gasteiger charge is 2.22. The lowest BCUT2D eigenvalue weighted by molar-refractivity contribution is 0.102. The molecule has 8 nitrogen and oxygen atoms in total. The highest BCUT2D eigenvalue weighted by Crippen LogP contribution is 2.25. The molecule has 2 aromatic heterocycles. The molecule has 0 aliphatic rings. The van der Waals surface area contributed by atoms with E-state index in [2.05, 4.69) is 25.6 Å². The average Bonchev–Trinajstić information content (AvgIpc) is 3.23. The molecule has 0 bridgehead atoms. The number of aromatic nitrogens is 5. The fourth-order valence-corrected chi connectivity index (χ4v) is 4.33. The zero-order valence-electron chi connectivity index (χ0n) is 19.6. The van der Waals surface area contributed by atoms with Gasteiger partial charge in [-0.2, -0.15) is 0 Å². The lowest BCUT2D eigenvalue weighted by atomic mass is 10.2. The molecule has 0 saturated carbocycles. The minimum absolute atomic E-state index is 0.256. The number of nitrogens with zero attached hydrogens (tertiary/aromatic N) is 5. The molecular weight excluding hydrogens is 448 g/mol. The van der Waals surface area contributed by atoms with Crippen LogP contribution >= 0.6 is 11.8 Å². The number of carbonyl (C=O) groups excluding carboxylic acids is 1. The van der Waals surface area contributed by atoms with E-state index in [-0.39, 0.29) is 11.6 Å². The van der Waals surface area contributed by atoms with Gasteiger partial charge in [-0.05, 0) is 70.2 Å². The first kappa shape index (κ1) is 23.4. The molecule has 0 radical (unpaired) electrons. The third-order valence-corrected chi connectivity index (χ3v) is 5.84. The number of nitrogens with one attached hydrogen (secondary N) is 1. The number of carbonyl (C=O) groups is 1. The number of rotatable bonds is 8. The Morgan fingerprint density at radius 2 is 1.68 bits per heavy atom. The van der Waals surface area contributed by atoms with E-state index in [1.807, 2.05) is 70.2 Å². The Morgan fingerprint density at radius 3 is 2.32 bits per heavy atom. The van der Waals surface area contributed by atoms with Crippen molar-refractivity contribution in [2.24, 2.45) is 0 Å². The van der Waals surface area contributed by atoms with Crippen LogP contribution in [0, 0.1) is 20.8 Å². The van der Waals surface area contributed by atoms with Crippen molar-refractivity contribution < 1.29 is 9.53 Å². The monoisotopic (exact) mass is 474 g/mol. The maximum absolute atomic E-state index is 13.2. The van der Waals surface area contributed by atoms with Crippen molar-refractivity contribution in [1.82, 2.24) is 25.0 Å². The van der Waals surface area contributed by atoms with Crippen molar-refractivity contribution in [1.29, 1.82) is 0 Å². The van der Waals surface area contributed by atoms with Crippen LogP contribution in [0.4, 0.5) is 5.69 Å². The van der Waals surface area contributed by atoms with E-state index in [1.54, 1.807) is 16.8 Å². The SMILES string of the molecule is CCOc1ccc(NC(=O)c2nnn(-c3ccc(C)cc3)c2CSc2nc(C)cc(C)n2)cc1. The first-order valence-corrected chi connectivity index (χ1v) is 11.9. The van der Waals surface area contributed by atoms with Crippen LogP contribution in [0.1, 0.15) is 40.1 Å². The van der Waals surface area contributed by atoms with E-state index < -0.39 is 0 Å². The van der Waals surface area contributed by atoms with Crippen LogP contribution in [0.3, 0.4) is 0 Å². The van der Waals surface area contributed by atoms with Crippen molar-refractivity contribution in [2.75, 3.05) is 11.9 Å². The molecule has 34 heavy (non-hydrogen) atoms. The molecule has 0 fully saturated rings. The summed E-state index contributed by atoms with van der Waals surface area (Å²) in [5.74, 6) is 0.839. The van der Waals surface area contributed by atoms with E-state index in [9.17, 15) is 4.79 Å². The lowest BCUT2D eigenvalue weighted by Crippen LogP contribution is -2.15. The fraction of sp³-hybridized carbons (Fsp3) is 0.240. The van der Waals surface area contributed by atoms with E-state index >= 15 is 0 Å². The maximum Gasteiger partial charge on any atom is 0.278 e. The number of hydrogen-bond donors (Lipinski definition) is 1. The number of aryl methyl sites for hydroxylation is 3. The maximum atomic E-state index is 13.2. The number of benzene rings is 2. The van der Waals surface area contributed by atoms with Gasteiger partial charge in [0.05, 0.1) is 18.0 Å². The number of thioether (sulfide) groups is 1. The van der Waals surface area contributed by atoms with Gasteiger partial charge in [0.15, 0.2) is 10.9 Å². The second kappa shape index (κ2) is 10.5. The number of ether oxygens (including phenoxy) is 1. The van der Waals surface area contributed by atoms with Gasteiger partial charge in [-0.15, -0.1) is 5.10 Å². The van der Waals surface area contributed by atoms with Gasteiger partial charge >= 0.3 is 0 Å². The normalized spacial score (nSPS) is 10.8. The molecule has 0 aliphatic heterocycles. The van der Waals surface area contributed by atoms with Crippen LogP contribution in [0.25, 0.3) is 5.69 Å². The number of hydrogen-bond acceptors (Lipinski definition) is 7. The van der Waals surface area contributed by atoms with Gasteiger partial charge in [0.25, 0.3) is 5.91 Å². The molecule has 174 valence electrons. The smallest absolute Gasteiger partial charge is 0.278 e. The second-order valence-corrected chi connectivity index (χ2v) is 8.71. The Hall–Kier alpha value is -3.72. The van der Waals surface area contributed by atoms with Crippen molar-refractivity contribution >= 4 is 23.4 Å². The van der Waals surface area contributed by atoms with Gasteiger partial charge in [-0.1, -0.05) is 34.7 Å². The van der Waals surface area contributed by atoms with Crippen molar-refractivity contribution in [3.05, 3.63) is 82.9 Å². The summed E-state index contributed by atoms with van der Waals surface area (Å²) >= 11 is 1.44.